The number of likely N-dealkylation sites (tertiary alicyclic amines) is 1. The van der Waals surface area contributed by atoms with Gasteiger partial charge in [-0.05, 0) is 38.8 Å². The lowest BCUT2D eigenvalue weighted by Gasteiger charge is -2.37. The summed E-state index contributed by atoms with van der Waals surface area (Å²) in [7, 11) is 1.93. The van der Waals surface area contributed by atoms with Gasteiger partial charge in [-0.2, -0.15) is 0 Å². The van der Waals surface area contributed by atoms with Crippen molar-refractivity contribution in [3.63, 3.8) is 0 Å². The molecule has 1 saturated carbocycles. The largest absolute Gasteiger partial charge is 0.343 e. The van der Waals surface area contributed by atoms with Crippen LogP contribution in [0.1, 0.15) is 51.9 Å². The van der Waals surface area contributed by atoms with Gasteiger partial charge in [-0.15, -0.1) is 24.8 Å². The molecule has 1 aliphatic carbocycles. The van der Waals surface area contributed by atoms with Crippen molar-refractivity contribution in [3.05, 3.63) is 0 Å². The van der Waals surface area contributed by atoms with Crippen LogP contribution in [0.3, 0.4) is 0 Å². The van der Waals surface area contributed by atoms with E-state index in [2.05, 4.69) is 11.8 Å². The van der Waals surface area contributed by atoms with Crippen molar-refractivity contribution in [2.45, 2.75) is 63.5 Å². The minimum atomic E-state index is -0.581. The van der Waals surface area contributed by atoms with Crippen LogP contribution in [0.4, 0.5) is 0 Å². The molecule has 126 valence electrons. The zero-order chi connectivity index (χ0) is 13.9. The number of rotatable bonds is 4. The van der Waals surface area contributed by atoms with E-state index < -0.39 is 5.54 Å². The van der Waals surface area contributed by atoms with Gasteiger partial charge in [0, 0.05) is 19.6 Å². The van der Waals surface area contributed by atoms with Crippen molar-refractivity contribution < 1.29 is 4.79 Å². The molecule has 6 heteroatoms. The fourth-order valence-electron chi connectivity index (χ4n) is 3.69. The number of nitrogens with two attached hydrogens (primary N) is 1. The predicted octanol–water partition coefficient (Wildman–Crippen LogP) is 2.43. The van der Waals surface area contributed by atoms with Crippen LogP contribution in [0.2, 0.25) is 0 Å². The number of amides is 1. The highest BCUT2D eigenvalue weighted by Gasteiger charge is 2.38. The zero-order valence-electron chi connectivity index (χ0n) is 13.3. The molecule has 0 aromatic carbocycles. The van der Waals surface area contributed by atoms with Gasteiger partial charge in [0.1, 0.15) is 0 Å². The second-order valence-corrected chi connectivity index (χ2v) is 6.33. The second kappa shape index (κ2) is 9.19. The Labute approximate surface area is 141 Å². The average molecular weight is 340 g/mol. The van der Waals surface area contributed by atoms with E-state index in [1.165, 1.54) is 25.8 Å². The number of nitrogens with zero attached hydrogens (tertiary/aromatic N) is 2. The predicted molar refractivity (Wildman–Crippen MR) is 92.4 cm³/mol. The van der Waals surface area contributed by atoms with Crippen molar-refractivity contribution in [2.75, 3.05) is 26.7 Å². The summed E-state index contributed by atoms with van der Waals surface area (Å²) in [5.41, 5.74) is 5.76. The molecule has 1 amide bonds. The van der Waals surface area contributed by atoms with Crippen LogP contribution < -0.4 is 5.73 Å². The quantitative estimate of drug-likeness (QED) is 0.855. The molecule has 1 saturated heterocycles. The first-order chi connectivity index (χ1) is 9.07. The number of hydrogen-bond donors (Lipinski definition) is 1. The summed E-state index contributed by atoms with van der Waals surface area (Å²) in [5.74, 6) is 0.162. The Kier molecular flexibility index (Phi) is 9.17. The smallest absolute Gasteiger partial charge is 0.242 e. The third kappa shape index (κ3) is 4.98. The van der Waals surface area contributed by atoms with Crippen LogP contribution in [0, 0.1) is 0 Å². The molecule has 0 aromatic heterocycles. The number of hydrogen-bond acceptors (Lipinski definition) is 3. The molecule has 2 N–H and O–H groups in total. The molecular weight excluding hydrogens is 309 g/mol. The SMILES string of the molecule is CCN1CCCC1CN(C)C(=O)C1(N)CCCCC1.Cl.Cl. The van der Waals surface area contributed by atoms with E-state index in [1.54, 1.807) is 0 Å². The monoisotopic (exact) mass is 339 g/mol. The van der Waals surface area contributed by atoms with Gasteiger partial charge < -0.3 is 10.6 Å². The Hall–Kier alpha value is -0.0300. The molecule has 4 nitrogen and oxygen atoms in total. The molecular formula is C15H31Cl2N3O. The zero-order valence-corrected chi connectivity index (χ0v) is 15.0. The summed E-state index contributed by atoms with van der Waals surface area (Å²) in [6, 6.07) is 0.533. The lowest BCUT2D eigenvalue weighted by molar-refractivity contribution is -0.137. The van der Waals surface area contributed by atoms with Crippen molar-refractivity contribution in [2.24, 2.45) is 5.73 Å². The summed E-state index contributed by atoms with van der Waals surface area (Å²) >= 11 is 0. The maximum Gasteiger partial charge on any atom is 0.242 e. The first-order valence-corrected chi connectivity index (χ1v) is 7.85. The summed E-state index contributed by atoms with van der Waals surface area (Å²) in [4.78, 5) is 17.0. The van der Waals surface area contributed by atoms with Crippen LogP contribution in [0.25, 0.3) is 0 Å². The molecule has 1 atom stereocenters. The standard InChI is InChI=1S/C15H29N3O.2ClH/c1-3-18-11-7-8-13(18)12-17(2)14(19)15(16)9-5-4-6-10-15;;/h13H,3-12,16H2,1-2H3;2*1H. The van der Waals surface area contributed by atoms with E-state index >= 15 is 0 Å². The topological polar surface area (TPSA) is 49.6 Å². The molecule has 2 fully saturated rings. The van der Waals surface area contributed by atoms with Crippen molar-refractivity contribution >= 4 is 30.7 Å². The Morgan fingerprint density at radius 2 is 1.86 bits per heavy atom. The van der Waals surface area contributed by atoms with Crippen LogP contribution in [0.15, 0.2) is 0 Å². The Morgan fingerprint density at radius 1 is 1.24 bits per heavy atom. The highest BCUT2D eigenvalue weighted by molar-refractivity contribution is 5.86. The van der Waals surface area contributed by atoms with Crippen molar-refractivity contribution in [1.82, 2.24) is 9.80 Å². The normalized spacial score (nSPS) is 24.8. The van der Waals surface area contributed by atoms with Crippen LogP contribution in [-0.4, -0.2) is 54.0 Å². The van der Waals surface area contributed by atoms with Gasteiger partial charge in [0.25, 0.3) is 0 Å². The minimum Gasteiger partial charge on any atom is -0.343 e. The lowest BCUT2D eigenvalue weighted by atomic mass is 9.81. The highest BCUT2D eigenvalue weighted by Crippen LogP contribution is 2.28. The number of likely N-dealkylation sites (N-methyl/N-ethyl adjacent to an activating group) is 2. The molecule has 0 radical (unpaired) electrons. The van der Waals surface area contributed by atoms with Gasteiger partial charge in [-0.1, -0.05) is 26.2 Å². The fourth-order valence-corrected chi connectivity index (χ4v) is 3.69. The number of carbonyl (C=O) groups excluding carboxylic acids is 1. The first-order valence-electron chi connectivity index (χ1n) is 7.85. The first kappa shape index (κ1) is 21.0. The van der Waals surface area contributed by atoms with E-state index in [0.717, 1.165) is 38.8 Å². The fraction of sp³-hybridized carbons (Fsp3) is 0.933. The van der Waals surface area contributed by atoms with E-state index in [-0.39, 0.29) is 30.7 Å². The number of carbonyl (C=O) groups is 1. The maximum absolute atomic E-state index is 12.6. The van der Waals surface area contributed by atoms with Crippen molar-refractivity contribution in [1.29, 1.82) is 0 Å². The molecule has 2 aliphatic rings. The highest BCUT2D eigenvalue weighted by atomic mass is 35.5. The summed E-state index contributed by atoms with van der Waals surface area (Å²) < 4.78 is 0. The molecule has 21 heavy (non-hydrogen) atoms. The van der Waals surface area contributed by atoms with Gasteiger partial charge in [0.15, 0.2) is 0 Å². The molecule has 0 aromatic rings. The summed E-state index contributed by atoms with van der Waals surface area (Å²) in [6.07, 6.45) is 7.61. The third-order valence-corrected chi connectivity index (χ3v) is 4.91. The van der Waals surface area contributed by atoms with Gasteiger partial charge in [0.2, 0.25) is 5.91 Å². The van der Waals surface area contributed by atoms with E-state index in [9.17, 15) is 4.79 Å². The van der Waals surface area contributed by atoms with Crippen molar-refractivity contribution in [3.8, 4) is 0 Å². The van der Waals surface area contributed by atoms with Gasteiger partial charge in [0.05, 0.1) is 5.54 Å². The summed E-state index contributed by atoms with van der Waals surface area (Å²) in [6.45, 7) is 5.30. The average Bonchev–Trinajstić information content (AvgIpc) is 2.85. The molecule has 1 unspecified atom stereocenters. The molecule has 1 aliphatic heterocycles. The Morgan fingerprint density at radius 3 is 2.43 bits per heavy atom. The van der Waals surface area contributed by atoms with Crippen LogP contribution in [0.5, 0.6) is 0 Å². The van der Waals surface area contributed by atoms with E-state index in [4.69, 9.17) is 5.73 Å². The van der Waals surface area contributed by atoms with E-state index in [1.807, 2.05) is 11.9 Å². The Balaban J connectivity index is 0.00000200. The molecule has 0 spiro atoms. The molecule has 0 bridgehead atoms. The minimum absolute atomic E-state index is 0. The molecule has 2 rings (SSSR count). The third-order valence-electron chi connectivity index (χ3n) is 4.91. The van der Waals surface area contributed by atoms with E-state index in [0.29, 0.717) is 6.04 Å². The van der Waals surface area contributed by atoms with Gasteiger partial charge in [-0.25, -0.2) is 0 Å². The van der Waals surface area contributed by atoms with Gasteiger partial charge >= 0.3 is 0 Å². The second-order valence-electron chi connectivity index (χ2n) is 6.33. The van der Waals surface area contributed by atoms with Crippen LogP contribution in [-0.2, 0) is 4.79 Å². The maximum atomic E-state index is 12.6. The molecule has 1 heterocycles. The van der Waals surface area contributed by atoms with Gasteiger partial charge in [-0.3, -0.25) is 9.69 Å². The Bertz CT molecular complexity index is 322. The lowest BCUT2D eigenvalue weighted by Crippen LogP contribution is -2.57. The van der Waals surface area contributed by atoms with Crippen LogP contribution >= 0.6 is 24.8 Å². The number of halogens is 2. The summed E-state index contributed by atoms with van der Waals surface area (Å²) in [5, 5.41) is 0.